The van der Waals surface area contributed by atoms with Crippen molar-refractivity contribution < 1.29 is 4.79 Å². The van der Waals surface area contributed by atoms with Crippen molar-refractivity contribution in [3.8, 4) is 0 Å². The van der Waals surface area contributed by atoms with Gasteiger partial charge in [0.2, 0.25) is 5.91 Å². The van der Waals surface area contributed by atoms with Crippen molar-refractivity contribution in [3.05, 3.63) is 18.2 Å². The van der Waals surface area contributed by atoms with Crippen LogP contribution < -0.4 is 0 Å². The van der Waals surface area contributed by atoms with Gasteiger partial charge in [0, 0.05) is 44.9 Å². The summed E-state index contributed by atoms with van der Waals surface area (Å²) in [4.78, 5) is 18.3. The third-order valence-electron chi connectivity index (χ3n) is 3.81. The Hall–Kier alpha value is -1.32. The second-order valence-electron chi connectivity index (χ2n) is 5.58. The molecule has 0 saturated carbocycles. The molecule has 0 aliphatic carbocycles. The van der Waals surface area contributed by atoms with Crippen LogP contribution >= 0.6 is 0 Å². The smallest absolute Gasteiger partial charge is 0.225 e. The Labute approximate surface area is 109 Å². The first-order valence-electron chi connectivity index (χ1n) is 6.83. The molecule has 1 aliphatic heterocycles. The average molecular weight is 249 g/mol. The van der Waals surface area contributed by atoms with Gasteiger partial charge in [0.25, 0.3) is 0 Å². The van der Waals surface area contributed by atoms with Crippen LogP contribution in [0.15, 0.2) is 12.4 Å². The van der Waals surface area contributed by atoms with E-state index in [0.717, 1.165) is 38.2 Å². The van der Waals surface area contributed by atoms with Crippen molar-refractivity contribution in [2.45, 2.75) is 33.1 Å². The highest BCUT2D eigenvalue weighted by Gasteiger charge is 2.24. The Bertz CT molecular complexity index is 403. The second-order valence-corrected chi connectivity index (χ2v) is 5.58. The molecule has 0 spiro atoms. The summed E-state index contributed by atoms with van der Waals surface area (Å²) in [5.41, 5.74) is 0. The molecule has 0 radical (unpaired) electrons. The molecule has 0 N–H and O–H groups in total. The molecule has 0 bridgehead atoms. The summed E-state index contributed by atoms with van der Waals surface area (Å²) < 4.78 is 2.09. The van der Waals surface area contributed by atoms with Gasteiger partial charge in [0.15, 0.2) is 0 Å². The minimum absolute atomic E-state index is 0.121. The van der Waals surface area contributed by atoms with E-state index in [1.807, 2.05) is 38.2 Å². The quantitative estimate of drug-likeness (QED) is 0.820. The average Bonchev–Trinajstić information content (AvgIpc) is 2.75. The topological polar surface area (TPSA) is 38.1 Å². The fraction of sp³-hybridized carbons (Fsp3) is 0.714. The van der Waals surface area contributed by atoms with Crippen LogP contribution in [0.4, 0.5) is 0 Å². The number of amides is 1. The lowest BCUT2D eigenvalue weighted by Gasteiger charge is -2.33. The van der Waals surface area contributed by atoms with Crippen LogP contribution in [-0.4, -0.2) is 33.4 Å². The number of piperidine rings is 1. The van der Waals surface area contributed by atoms with E-state index in [4.69, 9.17) is 0 Å². The van der Waals surface area contributed by atoms with Gasteiger partial charge in [-0.2, -0.15) is 0 Å². The molecular formula is C14H23N3O. The minimum atomic E-state index is 0.121. The fourth-order valence-corrected chi connectivity index (χ4v) is 2.57. The van der Waals surface area contributed by atoms with E-state index in [9.17, 15) is 4.79 Å². The summed E-state index contributed by atoms with van der Waals surface area (Å²) in [6.45, 7) is 5.77. The van der Waals surface area contributed by atoms with Gasteiger partial charge in [0.1, 0.15) is 5.82 Å². The van der Waals surface area contributed by atoms with Crippen molar-refractivity contribution in [3.63, 3.8) is 0 Å². The number of rotatable bonds is 3. The zero-order valence-corrected chi connectivity index (χ0v) is 11.6. The van der Waals surface area contributed by atoms with Gasteiger partial charge in [-0.1, -0.05) is 13.8 Å². The molecule has 100 valence electrons. The highest BCUT2D eigenvalue weighted by atomic mass is 16.2. The number of carbonyl (C=O) groups excluding carboxylic acids is 1. The van der Waals surface area contributed by atoms with Gasteiger partial charge in [-0.25, -0.2) is 4.98 Å². The zero-order chi connectivity index (χ0) is 13.1. The van der Waals surface area contributed by atoms with E-state index in [2.05, 4.69) is 9.55 Å². The van der Waals surface area contributed by atoms with E-state index in [0.29, 0.717) is 11.8 Å². The molecule has 1 amide bonds. The lowest BCUT2D eigenvalue weighted by Crippen LogP contribution is -2.41. The summed E-state index contributed by atoms with van der Waals surface area (Å²) in [6, 6.07) is 0. The number of imidazole rings is 1. The van der Waals surface area contributed by atoms with E-state index in [1.165, 1.54) is 0 Å². The molecule has 18 heavy (non-hydrogen) atoms. The van der Waals surface area contributed by atoms with Crippen molar-refractivity contribution >= 4 is 5.91 Å². The van der Waals surface area contributed by atoms with Crippen LogP contribution in [0.2, 0.25) is 0 Å². The largest absolute Gasteiger partial charge is 0.342 e. The van der Waals surface area contributed by atoms with Crippen LogP contribution in [-0.2, 0) is 18.3 Å². The molecule has 2 heterocycles. The highest BCUT2D eigenvalue weighted by Crippen LogP contribution is 2.21. The van der Waals surface area contributed by atoms with Gasteiger partial charge >= 0.3 is 0 Å². The first-order valence-corrected chi connectivity index (χ1v) is 6.83. The minimum Gasteiger partial charge on any atom is -0.342 e. The molecule has 4 heteroatoms. The summed E-state index contributed by atoms with van der Waals surface area (Å²) in [5, 5.41) is 0. The van der Waals surface area contributed by atoms with Crippen LogP contribution in [0.3, 0.4) is 0 Å². The number of aryl methyl sites for hydroxylation is 1. The Morgan fingerprint density at radius 1 is 1.44 bits per heavy atom. The predicted octanol–water partition coefficient (Wildman–Crippen LogP) is 1.86. The molecule has 0 atom stereocenters. The molecule has 2 rings (SSSR count). The molecular weight excluding hydrogens is 226 g/mol. The van der Waals surface area contributed by atoms with E-state index < -0.39 is 0 Å². The number of nitrogens with zero attached hydrogens (tertiary/aromatic N) is 3. The van der Waals surface area contributed by atoms with Crippen molar-refractivity contribution in [2.24, 2.45) is 18.9 Å². The zero-order valence-electron chi connectivity index (χ0n) is 11.6. The second kappa shape index (κ2) is 5.55. The van der Waals surface area contributed by atoms with E-state index >= 15 is 0 Å². The SMILES string of the molecule is CC(C)C(=O)N1CCC(Cc2nccn2C)CC1. The highest BCUT2D eigenvalue weighted by molar-refractivity contribution is 5.78. The Morgan fingerprint density at radius 3 is 2.61 bits per heavy atom. The number of hydrogen-bond donors (Lipinski definition) is 0. The third-order valence-corrected chi connectivity index (χ3v) is 3.81. The number of hydrogen-bond acceptors (Lipinski definition) is 2. The first-order chi connectivity index (χ1) is 8.58. The van der Waals surface area contributed by atoms with E-state index in [1.54, 1.807) is 0 Å². The lowest BCUT2D eigenvalue weighted by atomic mass is 9.92. The van der Waals surface area contributed by atoms with Gasteiger partial charge in [-0.05, 0) is 18.8 Å². The molecule has 0 unspecified atom stereocenters. The molecule has 1 saturated heterocycles. The summed E-state index contributed by atoms with van der Waals surface area (Å²) >= 11 is 0. The molecule has 1 aromatic rings. The number of likely N-dealkylation sites (tertiary alicyclic amines) is 1. The van der Waals surface area contributed by atoms with Crippen molar-refractivity contribution in [1.29, 1.82) is 0 Å². The molecule has 1 fully saturated rings. The normalized spacial score (nSPS) is 17.4. The molecule has 1 aromatic heterocycles. The Balaban J connectivity index is 1.84. The van der Waals surface area contributed by atoms with Crippen molar-refractivity contribution in [2.75, 3.05) is 13.1 Å². The fourth-order valence-electron chi connectivity index (χ4n) is 2.57. The van der Waals surface area contributed by atoms with Crippen LogP contribution in [0.5, 0.6) is 0 Å². The summed E-state index contributed by atoms with van der Waals surface area (Å²) in [6.07, 6.45) is 7.09. The van der Waals surface area contributed by atoms with Gasteiger partial charge in [-0.15, -0.1) is 0 Å². The Kier molecular flexibility index (Phi) is 4.04. The maximum absolute atomic E-state index is 11.9. The standard InChI is InChI=1S/C14H23N3O/c1-11(2)14(18)17-7-4-12(5-8-17)10-13-15-6-9-16(13)3/h6,9,11-12H,4-5,7-8,10H2,1-3H3. The number of aromatic nitrogens is 2. The van der Waals surface area contributed by atoms with Crippen LogP contribution in [0, 0.1) is 11.8 Å². The van der Waals surface area contributed by atoms with E-state index in [-0.39, 0.29) is 5.92 Å². The third kappa shape index (κ3) is 2.92. The van der Waals surface area contributed by atoms with Crippen molar-refractivity contribution in [1.82, 2.24) is 14.5 Å². The predicted molar refractivity (Wildman–Crippen MR) is 71.1 cm³/mol. The molecule has 1 aliphatic rings. The maximum Gasteiger partial charge on any atom is 0.225 e. The van der Waals surface area contributed by atoms with Crippen LogP contribution in [0.1, 0.15) is 32.5 Å². The van der Waals surface area contributed by atoms with Gasteiger partial charge in [0.05, 0.1) is 0 Å². The summed E-state index contributed by atoms with van der Waals surface area (Å²) in [7, 11) is 2.04. The molecule has 0 aromatic carbocycles. The van der Waals surface area contributed by atoms with Crippen LogP contribution in [0.25, 0.3) is 0 Å². The maximum atomic E-state index is 11.9. The van der Waals surface area contributed by atoms with Gasteiger partial charge in [-0.3, -0.25) is 4.79 Å². The monoisotopic (exact) mass is 249 g/mol. The number of carbonyl (C=O) groups is 1. The lowest BCUT2D eigenvalue weighted by molar-refractivity contribution is -0.135. The summed E-state index contributed by atoms with van der Waals surface area (Å²) in [5.74, 6) is 2.24. The van der Waals surface area contributed by atoms with Gasteiger partial charge < -0.3 is 9.47 Å². The first kappa shape index (κ1) is 13.1. The molecule has 4 nitrogen and oxygen atoms in total. The Morgan fingerprint density at radius 2 is 2.11 bits per heavy atom.